The summed E-state index contributed by atoms with van der Waals surface area (Å²) < 4.78 is 5.89. The number of hydrogen-bond donors (Lipinski definition) is 1. The lowest BCUT2D eigenvalue weighted by atomic mass is 9.71. The summed E-state index contributed by atoms with van der Waals surface area (Å²) >= 11 is 1.44. The van der Waals surface area contributed by atoms with Crippen molar-refractivity contribution >= 4 is 28.3 Å². The number of carbonyl (C=O) groups excluding carboxylic acids is 2. The number of thiazole rings is 1. The second-order valence-electron chi connectivity index (χ2n) is 8.67. The average Bonchev–Trinajstić information content (AvgIpc) is 3.49. The topological polar surface area (TPSA) is 71.5 Å². The number of benzene rings is 1. The Labute approximate surface area is 180 Å². The van der Waals surface area contributed by atoms with E-state index < -0.39 is 11.5 Å². The number of aromatic nitrogens is 1. The minimum Gasteiger partial charge on any atom is -0.376 e. The zero-order valence-electron chi connectivity index (χ0n) is 17.2. The third-order valence-corrected chi connectivity index (χ3v) is 7.69. The average molecular weight is 426 g/mol. The van der Waals surface area contributed by atoms with Crippen LogP contribution in [0.15, 0.2) is 29.6 Å². The van der Waals surface area contributed by atoms with Gasteiger partial charge in [-0.1, -0.05) is 31.0 Å². The zero-order valence-corrected chi connectivity index (χ0v) is 18.0. The van der Waals surface area contributed by atoms with E-state index in [4.69, 9.17) is 4.74 Å². The van der Waals surface area contributed by atoms with Gasteiger partial charge in [0.1, 0.15) is 0 Å². The molecule has 1 N–H and O–H groups in total. The first-order chi connectivity index (χ1) is 14.6. The Morgan fingerprint density at radius 3 is 2.80 bits per heavy atom. The van der Waals surface area contributed by atoms with Crippen LogP contribution in [0, 0.1) is 6.92 Å². The molecule has 1 saturated heterocycles. The number of aryl methyl sites for hydroxylation is 1. The summed E-state index contributed by atoms with van der Waals surface area (Å²) in [5.74, 6) is -0.430. The second kappa shape index (κ2) is 7.78. The van der Waals surface area contributed by atoms with E-state index in [9.17, 15) is 9.59 Å². The molecule has 1 aromatic carbocycles. The first kappa shape index (κ1) is 19.7. The van der Waals surface area contributed by atoms with E-state index in [0.29, 0.717) is 17.2 Å². The largest absolute Gasteiger partial charge is 0.376 e. The minimum absolute atomic E-state index is 0.0390. The number of fused-ring (bicyclic) bond motifs is 1. The van der Waals surface area contributed by atoms with Gasteiger partial charge in [-0.25, -0.2) is 4.98 Å². The minimum atomic E-state index is -0.492. The number of nitrogens with zero attached hydrogens (tertiary/aromatic N) is 2. The fourth-order valence-corrected chi connectivity index (χ4v) is 6.20. The third-order valence-electron chi connectivity index (χ3n) is 6.81. The van der Waals surface area contributed by atoms with E-state index in [1.165, 1.54) is 11.3 Å². The van der Waals surface area contributed by atoms with Gasteiger partial charge in [0, 0.05) is 24.1 Å². The highest BCUT2D eigenvalue weighted by atomic mass is 32.1. The molecule has 2 amide bonds. The van der Waals surface area contributed by atoms with Crippen LogP contribution in [0.4, 0.5) is 5.13 Å². The fraction of sp³-hybridized carbons (Fsp3) is 0.522. The molecule has 6 nitrogen and oxygen atoms in total. The predicted octanol–water partition coefficient (Wildman–Crippen LogP) is 4.12. The van der Waals surface area contributed by atoms with E-state index in [1.54, 1.807) is 0 Å². The summed E-state index contributed by atoms with van der Waals surface area (Å²) in [6.45, 7) is 3.24. The van der Waals surface area contributed by atoms with Crippen LogP contribution in [0.5, 0.6) is 0 Å². The zero-order chi connectivity index (χ0) is 20.7. The first-order valence-corrected chi connectivity index (χ1v) is 11.7. The molecule has 1 saturated carbocycles. The maximum absolute atomic E-state index is 13.7. The predicted molar refractivity (Wildman–Crippen MR) is 116 cm³/mol. The van der Waals surface area contributed by atoms with Gasteiger partial charge < -0.3 is 15.0 Å². The molecule has 2 fully saturated rings. The SMILES string of the molecule is Cc1csc(NC(=O)[C@H]2c3ccccc3C(=O)N(C[C@H]3CCCO3)C23CCCC3)n1. The summed E-state index contributed by atoms with van der Waals surface area (Å²) in [7, 11) is 0. The van der Waals surface area contributed by atoms with Crippen molar-refractivity contribution in [3.05, 3.63) is 46.5 Å². The van der Waals surface area contributed by atoms with Crippen LogP contribution in [0.2, 0.25) is 0 Å². The molecule has 158 valence electrons. The van der Waals surface area contributed by atoms with Gasteiger partial charge in [0.15, 0.2) is 5.13 Å². The van der Waals surface area contributed by atoms with Crippen molar-refractivity contribution in [2.75, 3.05) is 18.5 Å². The van der Waals surface area contributed by atoms with Crippen LogP contribution in [0.1, 0.15) is 66.1 Å². The van der Waals surface area contributed by atoms with Crippen LogP contribution >= 0.6 is 11.3 Å². The van der Waals surface area contributed by atoms with Crippen molar-refractivity contribution in [2.24, 2.45) is 0 Å². The van der Waals surface area contributed by atoms with Gasteiger partial charge >= 0.3 is 0 Å². The maximum atomic E-state index is 13.7. The summed E-state index contributed by atoms with van der Waals surface area (Å²) in [6, 6.07) is 7.62. The lowest BCUT2D eigenvalue weighted by molar-refractivity contribution is -0.121. The van der Waals surface area contributed by atoms with Gasteiger partial charge in [-0.05, 0) is 44.2 Å². The molecule has 3 heterocycles. The Balaban J connectivity index is 1.57. The van der Waals surface area contributed by atoms with E-state index in [0.717, 1.165) is 56.4 Å². The molecule has 0 bridgehead atoms. The summed E-state index contributed by atoms with van der Waals surface area (Å²) in [5, 5.41) is 5.60. The van der Waals surface area contributed by atoms with Gasteiger partial charge in [-0.3, -0.25) is 9.59 Å². The van der Waals surface area contributed by atoms with Crippen LogP contribution in [-0.4, -0.2) is 46.5 Å². The summed E-state index contributed by atoms with van der Waals surface area (Å²) in [4.78, 5) is 33.7. The fourth-order valence-electron chi connectivity index (χ4n) is 5.51. The number of anilines is 1. The van der Waals surface area contributed by atoms with Crippen molar-refractivity contribution in [3.63, 3.8) is 0 Å². The normalized spacial score (nSPS) is 25.0. The highest BCUT2D eigenvalue weighted by molar-refractivity contribution is 7.13. The lowest BCUT2D eigenvalue weighted by Crippen LogP contribution is -2.61. The van der Waals surface area contributed by atoms with Gasteiger partial charge in [0.25, 0.3) is 5.91 Å². The quantitative estimate of drug-likeness (QED) is 0.800. The highest BCUT2D eigenvalue weighted by Gasteiger charge is 2.56. The Morgan fingerprint density at radius 1 is 1.30 bits per heavy atom. The molecule has 1 spiro atoms. The van der Waals surface area contributed by atoms with Crippen LogP contribution in [-0.2, 0) is 9.53 Å². The van der Waals surface area contributed by atoms with Crippen molar-refractivity contribution in [1.29, 1.82) is 0 Å². The number of carbonyl (C=O) groups is 2. The number of ether oxygens (including phenoxy) is 1. The molecule has 30 heavy (non-hydrogen) atoms. The second-order valence-corrected chi connectivity index (χ2v) is 9.52. The molecule has 0 unspecified atom stereocenters. The molecule has 0 radical (unpaired) electrons. The van der Waals surface area contributed by atoms with Gasteiger partial charge in [-0.15, -0.1) is 11.3 Å². The number of nitrogens with one attached hydrogen (secondary N) is 1. The maximum Gasteiger partial charge on any atom is 0.254 e. The lowest BCUT2D eigenvalue weighted by Gasteiger charge is -2.50. The van der Waals surface area contributed by atoms with E-state index in [1.807, 2.05) is 41.5 Å². The standard InChI is InChI=1S/C23H27N3O3S/c1-15-14-30-22(24-15)25-20(27)19-17-8-2-3-9-18(17)21(28)26(13-16-7-6-12-29-16)23(19)10-4-5-11-23/h2-3,8-9,14,16,19H,4-7,10-13H2,1H3,(H,24,25,27)/t16-,19-/m1/s1. The number of amides is 2. The summed E-state index contributed by atoms with van der Waals surface area (Å²) in [6.07, 6.45) is 5.79. The van der Waals surface area contributed by atoms with Crippen LogP contribution in [0.3, 0.4) is 0 Å². The van der Waals surface area contributed by atoms with Crippen molar-refractivity contribution in [2.45, 2.75) is 63.0 Å². The molecule has 2 atom stereocenters. The molecule has 3 aliphatic rings. The molecule has 1 aromatic heterocycles. The smallest absolute Gasteiger partial charge is 0.254 e. The Bertz CT molecular complexity index is 960. The molecular formula is C23H27N3O3S. The van der Waals surface area contributed by atoms with Crippen LogP contribution < -0.4 is 5.32 Å². The molecule has 7 heteroatoms. The summed E-state index contributed by atoms with van der Waals surface area (Å²) in [5.41, 5.74) is 1.89. The third kappa shape index (κ3) is 3.24. The Hall–Kier alpha value is -2.25. The number of rotatable bonds is 4. The number of hydrogen-bond acceptors (Lipinski definition) is 5. The molecule has 2 aromatic rings. The van der Waals surface area contributed by atoms with E-state index in [-0.39, 0.29) is 17.9 Å². The Morgan fingerprint density at radius 2 is 2.10 bits per heavy atom. The molecule has 1 aliphatic carbocycles. The van der Waals surface area contributed by atoms with Crippen molar-refractivity contribution in [1.82, 2.24) is 9.88 Å². The van der Waals surface area contributed by atoms with E-state index >= 15 is 0 Å². The monoisotopic (exact) mass is 425 g/mol. The van der Waals surface area contributed by atoms with Gasteiger partial charge in [-0.2, -0.15) is 0 Å². The van der Waals surface area contributed by atoms with Gasteiger partial charge in [0.05, 0.1) is 23.3 Å². The first-order valence-electron chi connectivity index (χ1n) is 10.8. The Kier molecular flexibility index (Phi) is 5.11. The molecule has 5 rings (SSSR count). The highest BCUT2D eigenvalue weighted by Crippen LogP contribution is 2.51. The molecular weight excluding hydrogens is 398 g/mol. The van der Waals surface area contributed by atoms with Crippen molar-refractivity contribution < 1.29 is 14.3 Å². The van der Waals surface area contributed by atoms with Gasteiger partial charge in [0.2, 0.25) is 5.91 Å². The van der Waals surface area contributed by atoms with Crippen LogP contribution in [0.25, 0.3) is 0 Å². The van der Waals surface area contributed by atoms with Crippen molar-refractivity contribution in [3.8, 4) is 0 Å². The molecule has 2 aliphatic heterocycles. The van der Waals surface area contributed by atoms with E-state index in [2.05, 4.69) is 10.3 Å².